The third kappa shape index (κ3) is 5.34. The van der Waals surface area contributed by atoms with Crippen LogP contribution >= 0.6 is 0 Å². The summed E-state index contributed by atoms with van der Waals surface area (Å²) in [4.78, 5) is 31.0. The molecule has 0 bridgehead atoms. The maximum absolute atomic E-state index is 12.8. The van der Waals surface area contributed by atoms with Gasteiger partial charge in [0.2, 0.25) is 11.7 Å². The van der Waals surface area contributed by atoms with Crippen molar-refractivity contribution in [3.05, 3.63) is 60.2 Å². The predicted molar refractivity (Wildman–Crippen MR) is 132 cm³/mol. The molecule has 0 spiro atoms. The van der Waals surface area contributed by atoms with Crippen LogP contribution in [-0.4, -0.2) is 53.5 Å². The van der Waals surface area contributed by atoms with Gasteiger partial charge < -0.3 is 10.0 Å². The number of aromatic nitrogens is 5. The zero-order valence-electron chi connectivity index (χ0n) is 20.0. The van der Waals surface area contributed by atoms with E-state index in [4.69, 9.17) is 4.98 Å². The first-order valence-electron chi connectivity index (χ1n) is 11.6. The maximum Gasteiger partial charge on any atom is 0.326 e. The van der Waals surface area contributed by atoms with Gasteiger partial charge in [-0.2, -0.15) is 5.21 Å². The van der Waals surface area contributed by atoms with Crippen LogP contribution in [0.4, 0.5) is 0 Å². The third-order valence-electron chi connectivity index (χ3n) is 5.90. The molecule has 0 aliphatic carbocycles. The lowest BCUT2D eigenvalue weighted by atomic mass is 10.0. The van der Waals surface area contributed by atoms with Crippen molar-refractivity contribution in [2.75, 3.05) is 0 Å². The molecule has 1 unspecified atom stereocenters. The van der Waals surface area contributed by atoms with E-state index in [1.54, 1.807) is 0 Å². The zero-order valence-corrected chi connectivity index (χ0v) is 20.0. The topological polar surface area (TPSA) is 125 Å². The number of benzene rings is 2. The van der Waals surface area contributed by atoms with Gasteiger partial charge in [0.25, 0.3) is 0 Å². The molecule has 0 aliphatic rings. The number of fused-ring (bicyclic) bond motifs is 1. The first kappa shape index (κ1) is 24.0. The van der Waals surface area contributed by atoms with E-state index < -0.39 is 12.0 Å². The molecule has 4 rings (SSSR count). The first-order valence-corrected chi connectivity index (χ1v) is 11.6. The van der Waals surface area contributed by atoms with Crippen LogP contribution in [0.15, 0.2) is 54.6 Å². The van der Waals surface area contributed by atoms with Crippen molar-refractivity contribution in [3.63, 3.8) is 0 Å². The van der Waals surface area contributed by atoms with E-state index in [1.807, 2.05) is 75.4 Å². The number of nitrogens with zero attached hydrogens (tertiary/aromatic N) is 5. The minimum atomic E-state index is -0.984. The van der Waals surface area contributed by atoms with Crippen LogP contribution in [0.5, 0.6) is 0 Å². The van der Waals surface area contributed by atoms with Gasteiger partial charge in [0.05, 0.1) is 11.2 Å². The Balaban J connectivity index is 1.59. The second kappa shape index (κ2) is 10.4. The molecular weight excluding hydrogens is 444 g/mol. The van der Waals surface area contributed by atoms with Crippen molar-refractivity contribution in [2.24, 2.45) is 5.92 Å². The molecule has 2 aromatic carbocycles. The Morgan fingerprint density at radius 3 is 2.40 bits per heavy atom. The highest BCUT2D eigenvalue weighted by atomic mass is 16.4. The zero-order chi connectivity index (χ0) is 24.9. The number of hydrogen-bond donors (Lipinski definition) is 2. The first-order chi connectivity index (χ1) is 16.9. The molecule has 0 saturated heterocycles. The van der Waals surface area contributed by atoms with Crippen LogP contribution in [0, 0.1) is 5.92 Å². The lowest BCUT2D eigenvalue weighted by molar-refractivity contribution is -0.153. The van der Waals surface area contributed by atoms with E-state index in [-0.39, 0.29) is 18.4 Å². The highest BCUT2D eigenvalue weighted by Crippen LogP contribution is 2.25. The van der Waals surface area contributed by atoms with E-state index >= 15 is 0 Å². The molecule has 1 atom stereocenters. The number of H-pyrrole nitrogens is 1. The maximum atomic E-state index is 12.8. The van der Waals surface area contributed by atoms with Crippen molar-refractivity contribution in [2.45, 2.75) is 46.2 Å². The molecule has 2 N–H and O–H groups in total. The normalized spacial score (nSPS) is 12.1. The molecule has 0 saturated carbocycles. The number of rotatable bonds is 9. The van der Waals surface area contributed by atoms with Crippen LogP contribution in [0.25, 0.3) is 33.5 Å². The van der Waals surface area contributed by atoms with E-state index in [0.29, 0.717) is 18.7 Å². The monoisotopic (exact) mass is 472 g/mol. The minimum Gasteiger partial charge on any atom is -0.480 e. The van der Waals surface area contributed by atoms with Crippen LogP contribution in [0.3, 0.4) is 0 Å². The second-order valence-electron chi connectivity index (χ2n) is 8.84. The summed E-state index contributed by atoms with van der Waals surface area (Å²) in [7, 11) is 0. The number of pyridine rings is 1. The van der Waals surface area contributed by atoms with Gasteiger partial charge in [0.1, 0.15) is 6.04 Å². The number of hydrogen-bond acceptors (Lipinski definition) is 6. The highest BCUT2D eigenvalue weighted by molar-refractivity contribution is 5.85. The molecule has 35 heavy (non-hydrogen) atoms. The van der Waals surface area contributed by atoms with Crippen LogP contribution in [0.2, 0.25) is 0 Å². The molecule has 0 radical (unpaired) electrons. The summed E-state index contributed by atoms with van der Waals surface area (Å²) in [5.41, 5.74) is 4.33. The fraction of sp³-hybridized carbons (Fsp3) is 0.308. The summed E-state index contributed by atoms with van der Waals surface area (Å²) in [5.74, 6) is -0.803. The van der Waals surface area contributed by atoms with Gasteiger partial charge >= 0.3 is 5.97 Å². The largest absolute Gasteiger partial charge is 0.480 e. The van der Waals surface area contributed by atoms with Gasteiger partial charge in [0.15, 0.2) is 0 Å². The molecule has 9 heteroatoms. The molecule has 0 fully saturated rings. The molecule has 2 heterocycles. The third-order valence-corrected chi connectivity index (χ3v) is 5.90. The Kier molecular flexibility index (Phi) is 7.14. The minimum absolute atomic E-state index is 0.147. The number of carbonyl (C=O) groups excluding carboxylic acids is 1. The van der Waals surface area contributed by atoms with Crippen molar-refractivity contribution in [1.29, 1.82) is 0 Å². The van der Waals surface area contributed by atoms with Gasteiger partial charge in [-0.1, -0.05) is 57.2 Å². The summed E-state index contributed by atoms with van der Waals surface area (Å²) in [6, 6.07) is 16.6. The Morgan fingerprint density at radius 2 is 1.77 bits per heavy atom. The van der Waals surface area contributed by atoms with Crippen molar-refractivity contribution in [1.82, 2.24) is 30.5 Å². The number of carbonyl (C=O) groups is 2. The summed E-state index contributed by atoms with van der Waals surface area (Å²) in [6.07, 6.45) is 0.987. The van der Waals surface area contributed by atoms with Crippen LogP contribution in [-0.2, 0) is 16.1 Å². The average molecular weight is 473 g/mol. The summed E-state index contributed by atoms with van der Waals surface area (Å²) in [5, 5.41) is 24.7. The standard InChI is InChI=1S/C26H28N6O3/c1-4-5-23(33)32(24(16(2)3)26(34)35)15-17-6-12-22-20(14-17)11-13-21(27-22)18-7-9-19(10-8-18)25-28-30-31-29-25/h6-14,16,24H,4-5,15H2,1-3H3,(H,34,35)(H,28,29,30,31). The summed E-state index contributed by atoms with van der Waals surface area (Å²) >= 11 is 0. The fourth-order valence-corrected chi connectivity index (χ4v) is 4.18. The van der Waals surface area contributed by atoms with E-state index in [9.17, 15) is 14.7 Å². The van der Waals surface area contributed by atoms with Crippen LogP contribution in [0.1, 0.15) is 39.2 Å². The lowest BCUT2D eigenvalue weighted by Gasteiger charge is -2.31. The van der Waals surface area contributed by atoms with Gasteiger partial charge in [-0.25, -0.2) is 9.78 Å². The Morgan fingerprint density at radius 1 is 1.03 bits per heavy atom. The quantitative estimate of drug-likeness (QED) is 0.372. The highest BCUT2D eigenvalue weighted by Gasteiger charge is 2.32. The van der Waals surface area contributed by atoms with E-state index in [2.05, 4.69) is 20.6 Å². The second-order valence-corrected chi connectivity index (χ2v) is 8.84. The van der Waals surface area contributed by atoms with E-state index in [0.717, 1.165) is 33.3 Å². The van der Waals surface area contributed by atoms with Crippen molar-refractivity contribution < 1.29 is 14.7 Å². The molecular formula is C26H28N6O3. The number of carboxylic acid groups (broad SMARTS) is 1. The van der Waals surface area contributed by atoms with Crippen LogP contribution < -0.4 is 0 Å². The molecule has 0 aliphatic heterocycles. The Bertz CT molecular complexity index is 1320. The number of aromatic amines is 1. The van der Waals surface area contributed by atoms with Gasteiger partial charge in [0, 0.05) is 29.5 Å². The number of carboxylic acids is 1. The Labute approximate surface area is 203 Å². The van der Waals surface area contributed by atoms with Gasteiger partial charge in [-0.3, -0.25) is 4.79 Å². The fourth-order valence-electron chi connectivity index (χ4n) is 4.18. The van der Waals surface area contributed by atoms with Crippen molar-refractivity contribution >= 4 is 22.8 Å². The molecule has 9 nitrogen and oxygen atoms in total. The van der Waals surface area contributed by atoms with Gasteiger partial charge in [-0.15, -0.1) is 10.2 Å². The lowest BCUT2D eigenvalue weighted by Crippen LogP contribution is -2.47. The number of aliphatic carboxylic acids is 1. The van der Waals surface area contributed by atoms with Gasteiger partial charge in [-0.05, 0) is 41.3 Å². The van der Waals surface area contributed by atoms with Crippen molar-refractivity contribution in [3.8, 4) is 22.6 Å². The molecule has 4 aromatic rings. The molecule has 1 amide bonds. The smallest absolute Gasteiger partial charge is 0.326 e. The number of tetrazole rings is 1. The summed E-state index contributed by atoms with van der Waals surface area (Å²) < 4.78 is 0. The Hall–Kier alpha value is -4.14. The number of nitrogens with one attached hydrogen (secondary N) is 1. The average Bonchev–Trinajstić information content (AvgIpc) is 3.38. The number of amides is 1. The molecule has 180 valence electrons. The summed E-state index contributed by atoms with van der Waals surface area (Å²) in [6.45, 7) is 5.81. The predicted octanol–water partition coefficient (Wildman–Crippen LogP) is 4.32. The SMILES string of the molecule is CCCC(=O)N(Cc1ccc2nc(-c3ccc(-c4nn[nH]n4)cc3)ccc2c1)C(C(=O)O)C(C)C. The van der Waals surface area contributed by atoms with E-state index in [1.165, 1.54) is 4.90 Å². The molecule has 2 aromatic heterocycles.